The van der Waals surface area contributed by atoms with Gasteiger partial charge in [-0.3, -0.25) is 4.98 Å². The van der Waals surface area contributed by atoms with Crippen LogP contribution in [0.25, 0.3) is 0 Å². The molecule has 120 valence electrons. The molecule has 6 nitrogen and oxygen atoms in total. The van der Waals surface area contributed by atoms with E-state index in [2.05, 4.69) is 14.9 Å². The van der Waals surface area contributed by atoms with Gasteiger partial charge in [0.25, 0.3) is 0 Å². The lowest BCUT2D eigenvalue weighted by Gasteiger charge is -2.38. The lowest BCUT2D eigenvalue weighted by molar-refractivity contribution is -0.202. The lowest BCUT2D eigenvalue weighted by atomic mass is 9.98. The maximum absolute atomic E-state index is 6.19. The molecule has 0 amide bonds. The molecule has 4 heterocycles. The van der Waals surface area contributed by atoms with E-state index in [4.69, 9.17) is 14.2 Å². The van der Waals surface area contributed by atoms with E-state index in [-0.39, 0.29) is 11.7 Å². The monoisotopic (exact) mass is 305 g/mol. The van der Waals surface area contributed by atoms with Crippen molar-refractivity contribution < 1.29 is 14.2 Å². The van der Waals surface area contributed by atoms with Crippen molar-refractivity contribution in [2.24, 2.45) is 0 Å². The molecule has 1 aromatic heterocycles. The molecule has 0 radical (unpaired) electrons. The van der Waals surface area contributed by atoms with Gasteiger partial charge in [-0.2, -0.15) is 0 Å². The Morgan fingerprint density at radius 2 is 2.09 bits per heavy atom. The summed E-state index contributed by atoms with van der Waals surface area (Å²) < 4.78 is 17.4. The molecule has 0 aromatic carbocycles. The second kappa shape index (κ2) is 6.10. The zero-order chi connectivity index (χ0) is 14.8. The van der Waals surface area contributed by atoms with Gasteiger partial charge in [0, 0.05) is 32.0 Å². The average molecular weight is 305 g/mol. The molecule has 1 spiro atoms. The smallest absolute Gasteiger partial charge is 0.232 e. The molecule has 4 rings (SSSR count). The molecule has 0 saturated carbocycles. The predicted molar refractivity (Wildman–Crippen MR) is 79.8 cm³/mol. The summed E-state index contributed by atoms with van der Waals surface area (Å²) in [4.78, 5) is 10.7. The standard InChI is InChI=1S/C16H23N3O3/c1-4-16(11-20-12-16)22-14(1)10-19-7-2-13(3-8-19)21-15-9-17-5-6-18-15/h5-6,9,13-14H,1-4,7-8,10-12H2. The number of piperidine rings is 1. The van der Waals surface area contributed by atoms with E-state index in [1.54, 1.807) is 18.6 Å². The highest BCUT2D eigenvalue weighted by molar-refractivity contribution is 5.02. The minimum atomic E-state index is 0.0675. The van der Waals surface area contributed by atoms with Crippen LogP contribution in [0.15, 0.2) is 18.6 Å². The fraction of sp³-hybridized carbons (Fsp3) is 0.750. The Morgan fingerprint density at radius 1 is 1.23 bits per heavy atom. The summed E-state index contributed by atoms with van der Waals surface area (Å²) in [5.41, 5.74) is 0.0675. The second-order valence-electron chi connectivity index (χ2n) is 6.62. The maximum atomic E-state index is 6.19. The van der Waals surface area contributed by atoms with Gasteiger partial charge < -0.3 is 19.1 Å². The number of aromatic nitrogens is 2. The highest BCUT2D eigenvalue weighted by Crippen LogP contribution is 2.36. The average Bonchev–Trinajstić information content (AvgIpc) is 2.95. The van der Waals surface area contributed by atoms with Crippen molar-refractivity contribution in [1.29, 1.82) is 0 Å². The van der Waals surface area contributed by atoms with E-state index in [1.807, 2.05) is 0 Å². The Labute approximate surface area is 130 Å². The van der Waals surface area contributed by atoms with Crippen molar-refractivity contribution >= 4 is 0 Å². The topological polar surface area (TPSA) is 56.7 Å². The first-order chi connectivity index (χ1) is 10.8. The van der Waals surface area contributed by atoms with Crippen molar-refractivity contribution in [2.45, 2.75) is 43.5 Å². The molecular formula is C16H23N3O3. The summed E-state index contributed by atoms with van der Waals surface area (Å²) in [6, 6.07) is 0. The Kier molecular flexibility index (Phi) is 3.98. The van der Waals surface area contributed by atoms with Crippen LogP contribution >= 0.6 is 0 Å². The number of nitrogens with zero attached hydrogens (tertiary/aromatic N) is 3. The molecule has 1 aromatic rings. The van der Waals surface area contributed by atoms with Gasteiger partial charge >= 0.3 is 0 Å². The highest BCUT2D eigenvalue weighted by atomic mass is 16.6. The summed E-state index contributed by atoms with van der Waals surface area (Å²) in [6.45, 7) is 4.75. The van der Waals surface area contributed by atoms with E-state index in [0.717, 1.165) is 52.1 Å². The summed E-state index contributed by atoms with van der Waals surface area (Å²) in [7, 11) is 0. The van der Waals surface area contributed by atoms with Crippen molar-refractivity contribution in [3.8, 4) is 5.88 Å². The third-order valence-corrected chi connectivity index (χ3v) is 4.89. The fourth-order valence-electron chi connectivity index (χ4n) is 3.58. The summed E-state index contributed by atoms with van der Waals surface area (Å²) in [6.07, 6.45) is 10.0. The number of likely N-dealkylation sites (tertiary alicyclic amines) is 1. The minimum Gasteiger partial charge on any atom is -0.473 e. The molecule has 6 heteroatoms. The van der Waals surface area contributed by atoms with Gasteiger partial charge in [0.2, 0.25) is 5.88 Å². The third kappa shape index (κ3) is 3.09. The molecule has 1 atom stereocenters. The number of hydrogen-bond donors (Lipinski definition) is 0. The van der Waals surface area contributed by atoms with Gasteiger partial charge in [-0.05, 0) is 25.7 Å². The second-order valence-corrected chi connectivity index (χ2v) is 6.62. The molecule has 3 aliphatic heterocycles. The molecule has 1 unspecified atom stereocenters. The summed E-state index contributed by atoms with van der Waals surface area (Å²) in [5.74, 6) is 0.631. The zero-order valence-corrected chi connectivity index (χ0v) is 12.8. The Hall–Kier alpha value is -1.24. The van der Waals surface area contributed by atoms with Gasteiger partial charge in [0.05, 0.1) is 25.5 Å². The first-order valence-electron chi connectivity index (χ1n) is 8.22. The van der Waals surface area contributed by atoms with Crippen LogP contribution in [-0.2, 0) is 9.47 Å². The highest BCUT2D eigenvalue weighted by Gasteiger charge is 2.46. The van der Waals surface area contributed by atoms with E-state index in [0.29, 0.717) is 12.0 Å². The van der Waals surface area contributed by atoms with Gasteiger partial charge in [0.15, 0.2) is 0 Å². The Bertz CT molecular complexity index is 487. The van der Waals surface area contributed by atoms with E-state index in [9.17, 15) is 0 Å². The van der Waals surface area contributed by atoms with Crippen LogP contribution in [0.3, 0.4) is 0 Å². The fourth-order valence-corrected chi connectivity index (χ4v) is 3.58. The predicted octanol–water partition coefficient (Wildman–Crippen LogP) is 1.27. The van der Waals surface area contributed by atoms with E-state index in [1.165, 1.54) is 6.42 Å². The molecule has 0 aliphatic carbocycles. The number of hydrogen-bond acceptors (Lipinski definition) is 6. The molecule has 0 N–H and O–H groups in total. The van der Waals surface area contributed by atoms with Crippen LogP contribution in [-0.4, -0.2) is 65.5 Å². The molecule has 22 heavy (non-hydrogen) atoms. The number of ether oxygens (including phenoxy) is 3. The van der Waals surface area contributed by atoms with E-state index < -0.39 is 0 Å². The van der Waals surface area contributed by atoms with Crippen LogP contribution < -0.4 is 4.74 Å². The lowest BCUT2D eigenvalue weighted by Crippen LogP contribution is -2.50. The van der Waals surface area contributed by atoms with Crippen LogP contribution in [0.1, 0.15) is 25.7 Å². The third-order valence-electron chi connectivity index (χ3n) is 4.89. The van der Waals surface area contributed by atoms with Gasteiger partial charge in [0.1, 0.15) is 11.7 Å². The normalized spacial score (nSPS) is 28.6. The summed E-state index contributed by atoms with van der Waals surface area (Å²) >= 11 is 0. The first kappa shape index (κ1) is 14.4. The van der Waals surface area contributed by atoms with Crippen molar-refractivity contribution in [3.05, 3.63) is 18.6 Å². The largest absolute Gasteiger partial charge is 0.473 e. The Morgan fingerprint density at radius 3 is 2.73 bits per heavy atom. The summed E-state index contributed by atoms with van der Waals surface area (Å²) in [5, 5.41) is 0. The maximum Gasteiger partial charge on any atom is 0.232 e. The molecule has 3 fully saturated rings. The van der Waals surface area contributed by atoms with Crippen LogP contribution in [0.5, 0.6) is 5.88 Å². The van der Waals surface area contributed by atoms with Crippen LogP contribution in [0.2, 0.25) is 0 Å². The number of rotatable bonds is 4. The molecule has 0 bridgehead atoms. The van der Waals surface area contributed by atoms with Crippen molar-refractivity contribution in [2.75, 3.05) is 32.8 Å². The van der Waals surface area contributed by atoms with Gasteiger partial charge in [-0.1, -0.05) is 0 Å². The Balaban J connectivity index is 1.21. The molecule has 3 aliphatic rings. The van der Waals surface area contributed by atoms with E-state index >= 15 is 0 Å². The minimum absolute atomic E-state index is 0.0675. The van der Waals surface area contributed by atoms with Gasteiger partial charge in [-0.15, -0.1) is 0 Å². The SMILES string of the molecule is c1cnc(OC2CCN(CC3CCC4(COC4)O3)CC2)cn1. The molecular weight excluding hydrogens is 282 g/mol. The zero-order valence-electron chi connectivity index (χ0n) is 12.8. The van der Waals surface area contributed by atoms with Crippen molar-refractivity contribution in [1.82, 2.24) is 14.9 Å². The van der Waals surface area contributed by atoms with Crippen molar-refractivity contribution in [3.63, 3.8) is 0 Å². The van der Waals surface area contributed by atoms with Gasteiger partial charge in [-0.25, -0.2) is 4.98 Å². The van der Waals surface area contributed by atoms with Crippen LogP contribution in [0, 0.1) is 0 Å². The first-order valence-corrected chi connectivity index (χ1v) is 8.22. The molecule has 3 saturated heterocycles. The quantitative estimate of drug-likeness (QED) is 0.835. The van der Waals surface area contributed by atoms with Crippen LogP contribution in [0.4, 0.5) is 0 Å².